The Kier molecular flexibility index (Phi) is 4.79. The van der Waals surface area contributed by atoms with Gasteiger partial charge in [0.2, 0.25) is 0 Å². The van der Waals surface area contributed by atoms with Crippen molar-refractivity contribution in [2.45, 2.75) is 13.0 Å². The number of nitro groups is 1. The lowest BCUT2D eigenvalue weighted by molar-refractivity contribution is -0.382. The van der Waals surface area contributed by atoms with Gasteiger partial charge in [0.1, 0.15) is 5.69 Å². The Balaban J connectivity index is 1.82. The summed E-state index contributed by atoms with van der Waals surface area (Å²) in [4.78, 5) is 17.6. The molecule has 0 aliphatic carbocycles. The second-order valence-corrected chi connectivity index (χ2v) is 6.05. The highest BCUT2D eigenvalue weighted by atomic mass is 16.6. The number of nitro benzene ring substituents is 1. The highest BCUT2D eigenvalue weighted by Gasteiger charge is 2.20. The molecule has 1 aromatic heterocycles. The summed E-state index contributed by atoms with van der Waals surface area (Å²) in [6.07, 6.45) is 1.64. The van der Waals surface area contributed by atoms with Gasteiger partial charge in [0.15, 0.2) is 0 Å². The van der Waals surface area contributed by atoms with Gasteiger partial charge in [-0.05, 0) is 43.3 Å². The number of nitrogens with one attached hydrogen (secondary N) is 1. The monoisotopic (exact) mass is 336 g/mol. The Bertz CT molecular complexity index is 883. The highest BCUT2D eigenvalue weighted by molar-refractivity contribution is 5.94. The van der Waals surface area contributed by atoms with Crippen LogP contribution in [-0.2, 0) is 0 Å². The molecule has 0 fully saturated rings. The molecule has 0 saturated heterocycles. The van der Waals surface area contributed by atoms with Gasteiger partial charge in [0.25, 0.3) is 0 Å². The molecule has 1 atom stereocenters. The molecule has 1 unspecified atom stereocenters. The first-order chi connectivity index (χ1) is 12.1. The number of rotatable bonds is 6. The molecular formula is C19H20N4O2. The normalized spacial score (nSPS) is 11.9. The van der Waals surface area contributed by atoms with E-state index in [1.807, 2.05) is 44.3 Å². The van der Waals surface area contributed by atoms with Crippen LogP contribution in [0.3, 0.4) is 0 Å². The predicted molar refractivity (Wildman–Crippen MR) is 101 cm³/mol. The average Bonchev–Trinajstić information content (AvgIpc) is 2.61. The zero-order valence-electron chi connectivity index (χ0n) is 14.2. The number of para-hydroxylation sites is 1. The van der Waals surface area contributed by atoms with Gasteiger partial charge in [-0.3, -0.25) is 15.1 Å². The molecule has 6 nitrogen and oxygen atoms in total. The van der Waals surface area contributed by atoms with E-state index in [2.05, 4.69) is 15.2 Å². The molecule has 25 heavy (non-hydrogen) atoms. The van der Waals surface area contributed by atoms with E-state index in [-0.39, 0.29) is 16.7 Å². The summed E-state index contributed by atoms with van der Waals surface area (Å²) >= 11 is 0. The Morgan fingerprint density at radius 3 is 2.64 bits per heavy atom. The second kappa shape index (κ2) is 7.17. The number of likely N-dealkylation sites (N-methyl/N-ethyl adjacent to an activating group) is 1. The molecule has 1 heterocycles. The largest absolute Gasteiger partial charge is 0.375 e. The zero-order chi connectivity index (χ0) is 17.8. The van der Waals surface area contributed by atoms with Gasteiger partial charge < -0.3 is 10.2 Å². The zero-order valence-corrected chi connectivity index (χ0v) is 14.2. The fourth-order valence-electron chi connectivity index (χ4n) is 2.96. The summed E-state index contributed by atoms with van der Waals surface area (Å²) in [7, 11) is 2.01. The van der Waals surface area contributed by atoms with Gasteiger partial charge in [-0.15, -0.1) is 0 Å². The van der Waals surface area contributed by atoms with Gasteiger partial charge in [0.05, 0.1) is 15.8 Å². The Labute approximate surface area is 146 Å². The molecule has 6 heteroatoms. The summed E-state index contributed by atoms with van der Waals surface area (Å²) in [5.74, 6) is 0. The third kappa shape index (κ3) is 3.68. The first-order valence-electron chi connectivity index (χ1n) is 8.11. The third-order valence-electron chi connectivity index (χ3n) is 4.09. The van der Waals surface area contributed by atoms with E-state index in [0.717, 1.165) is 5.69 Å². The second-order valence-electron chi connectivity index (χ2n) is 6.05. The van der Waals surface area contributed by atoms with E-state index in [9.17, 15) is 10.1 Å². The number of hydrogen-bond donors (Lipinski definition) is 1. The molecule has 3 rings (SSSR count). The summed E-state index contributed by atoms with van der Waals surface area (Å²) in [5, 5.41) is 15.4. The van der Waals surface area contributed by atoms with Gasteiger partial charge in [0, 0.05) is 31.5 Å². The summed E-state index contributed by atoms with van der Waals surface area (Å²) in [5.41, 5.74) is 2.31. The molecule has 0 amide bonds. The lowest BCUT2D eigenvalue weighted by Gasteiger charge is -2.24. The standard InChI is InChI=1S/C19H20N4O2/c1-14(13-22(2)15-7-4-3-5-8-15)21-18-11-10-17-16(9-6-12-20-17)19(18)23(24)25/h3-12,14,21H,13H2,1-2H3. The van der Waals surface area contributed by atoms with Crippen molar-refractivity contribution >= 4 is 28.0 Å². The van der Waals surface area contributed by atoms with Gasteiger partial charge in [-0.2, -0.15) is 0 Å². The molecule has 1 N–H and O–H groups in total. The van der Waals surface area contributed by atoms with Crippen LogP contribution in [-0.4, -0.2) is 29.5 Å². The van der Waals surface area contributed by atoms with E-state index < -0.39 is 0 Å². The maximum absolute atomic E-state index is 11.6. The van der Waals surface area contributed by atoms with Crippen molar-refractivity contribution in [1.82, 2.24) is 4.98 Å². The maximum Gasteiger partial charge on any atom is 0.301 e. The highest BCUT2D eigenvalue weighted by Crippen LogP contribution is 2.32. The van der Waals surface area contributed by atoms with Gasteiger partial charge in [-0.1, -0.05) is 18.2 Å². The first-order valence-corrected chi connectivity index (χ1v) is 8.11. The summed E-state index contributed by atoms with van der Waals surface area (Å²) in [6.45, 7) is 2.73. The van der Waals surface area contributed by atoms with Crippen molar-refractivity contribution in [3.63, 3.8) is 0 Å². The number of benzene rings is 2. The van der Waals surface area contributed by atoms with Crippen molar-refractivity contribution in [3.8, 4) is 0 Å². The Hall–Kier alpha value is -3.15. The molecule has 128 valence electrons. The lowest BCUT2D eigenvalue weighted by atomic mass is 10.1. The van der Waals surface area contributed by atoms with Crippen molar-refractivity contribution < 1.29 is 4.92 Å². The van der Waals surface area contributed by atoms with Crippen molar-refractivity contribution in [2.24, 2.45) is 0 Å². The van der Waals surface area contributed by atoms with E-state index in [1.165, 1.54) is 0 Å². The SMILES string of the molecule is CC(CN(C)c1ccccc1)Nc1ccc2ncccc2c1[N+](=O)[O-]. The van der Waals surface area contributed by atoms with Crippen LogP contribution >= 0.6 is 0 Å². The van der Waals surface area contributed by atoms with Crippen molar-refractivity contribution in [3.05, 3.63) is 70.9 Å². The van der Waals surface area contributed by atoms with Gasteiger partial charge in [-0.25, -0.2) is 0 Å². The number of anilines is 2. The number of pyridine rings is 1. The number of hydrogen-bond acceptors (Lipinski definition) is 5. The topological polar surface area (TPSA) is 71.3 Å². The van der Waals surface area contributed by atoms with Crippen LogP contribution in [0, 0.1) is 10.1 Å². The average molecular weight is 336 g/mol. The smallest absolute Gasteiger partial charge is 0.301 e. The molecule has 2 aromatic carbocycles. The fourth-order valence-corrected chi connectivity index (χ4v) is 2.96. The van der Waals surface area contributed by atoms with E-state index in [4.69, 9.17) is 0 Å². The minimum atomic E-state index is -0.347. The Morgan fingerprint density at radius 1 is 1.16 bits per heavy atom. The first kappa shape index (κ1) is 16.7. The number of fused-ring (bicyclic) bond motifs is 1. The molecule has 0 spiro atoms. The lowest BCUT2D eigenvalue weighted by Crippen LogP contribution is -2.32. The van der Waals surface area contributed by atoms with E-state index >= 15 is 0 Å². The van der Waals surface area contributed by atoms with Gasteiger partial charge >= 0.3 is 5.69 Å². The fraction of sp³-hybridized carbons (Fsp3) is 0.211. The minimum absolute atomic E-state index is 0.0260. The van der Waals surface area contributed by atoms with Crippen LogP contribution in [0.15, 0.2) is 60.8 Å². The summed E-state index contributed by atoms with van der Waals surface area (Å²) < 4.78 is 0. The molecule has 3 aromatic rings. The van der Waals surface area contributed by atoms with Crippen LogP contribution in [0.2, 0.25) is 0 Å². The molecule has 0 aliphatic rings. The molecule has 0 aliphatic heterocycles. The molecule has 0 radical (unpaired) electrons. The minimum Gasteiger partial charge on any atom is -0.375 e. The molecule has 0 bridgehead atoms. The summed E-state index contributed by atoms with van der Waals surface area (Å²) in [6, 6.07) is 17.0. The van der Waals surface area contributed by atoms with Crippen LogP contribution in [0.4, 0.5) is 17.1 Å². The molecule has 0 saturated carbocycles. The number of nitrogens with zero attached hydrogens (tertiary/aromatic N) is 3. The number of aromatic nitrogens is 1. The van der Waals surface area contributed by atoms with Crippen LogP contribution in [0.5, 0.6) is 0 Å². The van der Waals surface area contributed by atoms with Crippen molar-refractivity contribution in [2.75, 3.05) is 23.8 Å². The third-order valence-corrected chi connectivity index (χ3v) is 4.09. The predicted octanol–water partition coefficient (Wildman–Crippen LogP) is 4.08. The Morgan fingerprint density at radius 2 is 1.92 bits per heavy atom. The van der Waals surface area contributed by atoms with E-state index in [1.54, 1.807) is 30.5 Å². The van der Waals surface area contributed by atoms with Crippen LogP contribution in [0.1, 0.15) is 6.92 Å². The van der Waals surface area contributed by atoms with Crippen molar-refractivity contribution in [1.29, 1.82) is 0 Å². The van der Waals surface area contributed by atoms with Crippen LogP contribution < -0.4 is 10.2 Å². The quantitative estimate of drug-likeness (QED) is 0.542. The van der Waals surface area contributed by atoms with Crippen LogP contribution in [0.25, 0.3) is 10.9 Å². The van der Waals surface area contributed by atoms with E-state index in [0.29, 0.717) is 23.1 Å². The molecular weight excluding hydrogens is 316 g/mol. The maximum atomic E-state index is 11.6.